The highest BCUT2D eigenvalue weighted by atomic mass is 15.0. The summed E-state index contributed by atoms with van der Waals surface area (Å²) < 4.78 is 2.33. The van der Waals surface area contributed by atoms with Crippen LogP contribution in [0.15, 0.2) is 255 Å². The first-order valence-corrected chi connectivity index (χ1v) is 24.2. The quantitative estimate of drug-likeness (QED) is 0.135. The third kappa shape index (κ3) is 8.39. The minimum Gasteiger partial charge on any atom is -0.308 e. The zero-order valence-electron chi connectivity index (χ0n) is 39.3. The highest BCUT2D eigenvalue weighted by Crippen LogP contribution is 2.40. The molecule has 0 fully saturated rings. The van der Waals surface area contributed by atoms with Crippen LogP contribution in [0.1, 0.15) is 0 Å². The van der Waals surface area contributed by atoms with Crippen molar-refractivity contribution in [1.82, 2.24) is 39.5 Å². The molecule has 0 N–H and O–H groups in total. The summed E-state index contributed by atoms with van der Waals surface area (Å²) in [6.07, 6.45) is 0. The van der Waals surface area contributed by atoms with Crippen molar-refractivity contribution < 1.29 is 0 Å². The number of para-hydroxylation sites is 1. The van der Waals surface area contributed by atoms with Crippen molar-refractivity contribution in [1.29, 1.82) is 0 Å². The summed E-state index contributed by atoms with van der Waals surface area (Å²) in [4.78, 5) is 36.6. The molecule has 0 saturated carbocycles. The van der Waals surface area contributed by atoms with Crippen LogP contribution >= 0.6 is 0 Å². The molecule has 4 heterocycles. The summed E-state index contributed by atoms with van der Waals surface area (Å²) in [5.74, 6) is 2.97. The first kappa shape index (κ1) is 43.0. The van der Waals surface area contributed by atoms with Gasteiger partial charge in [0.05, 0.1) is 39.5 Å². The lowest BCUT2D eigenvalue weighted by Crippen LogP contribution is -2.03. The van der Waals surface area contributed by atoms with Crippen molar-refractivity contribution in [2.24, 2.45) is 0 Å². The van der Waals surface area contributed by atoms with Gasteiger partial charge in [-0.05, 0) is 36.4 Å². The summed E-state index contributed by atoms with van der Waals surface area (Å²) >= 11 is 0. The standard InChI is InChI=1S/C65H42N8/c1-7-21-43(22-8-1)54-42-57(67-61(66-54)46-27-13-4-14-28-46)49-36-38-59(53(39-49)65-68-55(44-23-9-2-10-24-44)41-56(69-65)45-25-11-3-12-26-45)73-58-34-20-19-33-51(58)52-37-35-50(40-60(52)73)64-71-62(47-29-15-5-16-30-47)70-63(72-64)48-31-17-6-18-32-48/h1-42H. The molecule has 0 unspecified atom stereocenters. The van der Waals surface area contributed by atoms with Crippen LogP contribution in [-0.4, -0.2) is 39.5 Å². The van der Waals surface area contributed by atoms with Crippen molar-refractivity contribution in [3.05, 3.63) is 255 Å². The van der Waals surface area contributed by atoms with Crippen molar-refractivity contribution in [3.8, 4) is 108 Å². The molecule has 8 heteroatoms. The van der Waals surface area contributed by atoms with E-state index in [0.717, 1.165) is 100 Å². The number of aromatic nitrogens is 8. The van der Waals surface area contributed by atoms with Gasteiger partial charge in [0, 0.05) is 60.8 Å². The molecule has 0 aliphatic heterocycles. The molecular formula is C65H42N8. The van der Waals surface area contributed by atoms with Gasteiger partial charge >= 0.3 is 0 Å². The van der Waals surface area contributed by atoms with Crippen molar-refractivity contribution in [3.63, 3.8) is 0 Å². The molecule has 9 aromatic carbocycles. The van der Waals surface area contributed by atoms with Crippen LogP contribution in [0.25, 0.3) is 129 Å². The van der Waals surface area contributed by atoms with E-state index in [1.165, 1.54) is 0 Å². The Morgan fingerprint density at radius 3 is 1.05 bits per heavy atom. The van der Waals surface area contributed by atoms with Gasteiger partial charge in [0.25, 0.3) is 0 Å². The van der Waals surface area contributed by atoms with Crippen LogP contribution in [0, 0.1) is 0 Å². The van der Waals surface area contributed by atoms with Crippen molar-refractivity contribution in [2.45, 2.75) is 0 Å². The predicted molar refractivity (Wildman–Crippen MR) is 294 cm³/mol. The van der Waals surface area contributed by atoms with Crippen LogP contribution in [0.3, 0.4) is 0 Å². The van der Waals surface area contributed by atoms with Gasteiger partial charge < -0.3 is 4.57 Å². The minimum absolute atomic E-state index is 0.567. The molecule has 0 aliphatic rings. The third-order valence-electron chi connectivity index (χ3n) is 13.1. The van der Waals surface area contributed by atoms with Crippen LogP contribution in [0.5, 0.6) is 0 Å². The first-order valence-electron chi connectivity index (χ1n) is 24.2. The molecule has 0 bridgehead atoms. The van der Waals surface area contributed by atoms with E-state index in [4.69, 9.17) is 34.9 Å². The highest BCUT2D eigenvalue weighted by molar-refractivity contribution is 6.10. The third-order valence-corrected chi connectivity index (χ3v) is 13.1. The van der Waals surface area contributed by atoms with Gasteiger partial charge in [0.1, 0.15) is 0 Å². The van der Waals surface area contributed by atoms with Crippen LogP contribution in [-0.2, 0) is 0 Å². The van der Waals surface area contributed by atoms with E-state index >= 15 is 0 Å². The molecule has 0 spiro atoms. The SMILES string of the molecule is c1ccc(-c2cc(-c3ccc(-n4c5ccccc5c5ccc(-c6nc(-c7ccccc7)nc(-c7ccccc7)n6)cc54)c(-c4nc(-c5ccccc5)cc(-c5ccccc5)n4)c3)nc(-c3ccccc3)n2)cc1. The molecule has 0 aliphatic carbocycles. The Labute approximate surface area is 421 Å². The number of nitrogens with zero attached hydrogens (tertiary/aromatic N) is 8. The van der Waals surface area contributed by atoms with Gasteiger partial charge in [-0.3, -0.25) is 0 Å². The monoisotopic (exact) mass is 934 g/mol. The lowest BCUT2D eigenvalue weighted by atomic mass is 10.0. The summed E-state index contributed by atoms with van der Waals surface area (Å²) in [5, 5.41) is 2.18. The molecule has 8 nitrogen and oxygen atoms in total. The second-order valence-corrected chi connectivity index (χ2v) is 17.7. The van der Waals surface area contributed by atoms with Crippen LogP contribution < -0.4 is 0 Å². The predicted octanol–water partition coefficient (Wildman–Crippen LogP) is 15.6. The zero-order valence-corrected chi connectivity index (χ0v) is 39.3. The van der Waals surface area contributed by atoms with Crippen LogP contribution in [0.2, 0.25) is 0 Å². The molecule has 13 rings (SSSR count). The Kier molecular flexibility index (Phi) is 11.0. The van der Waals surface area contributed by atoms with Gasteiger partial charge in [-0.1, -0.05) is 218 Å². The molecule has 0 amide bonds. The number of rotatable bonds is 10. The maximum Gasteiger partial charge on any atom is 0.164 e. The van der Waals surface area contributed by atoms with E-state index in [2.05, 4.69) is 126 Å². The van der Waals surface area contributed by atoms with E-state index in [0.29, 0.717) is 29.1 Å². The van der Waals surface area contributed by atoms with Crippen LogP contribution in [0.4, 0.5) is 0 Å². The Balaban J connectivity index is 1.08. The largest absolute Gasteiger partial charge is 0.308 e. The topological polar surface area (TPSA) is 95.2 Å². The van der Waals surface area contributed by atoms with Gasteiger partial charge in [-0.2, -0.15) is 0 Å². The van der Waals surface area contributed by atoms with E-state index < -0.39 is 0 Å². The molecular weight excluding hydrogens is 893 g/mol. The van der Waals surface area contributed by atoms with Gasteiger partial charge in [0.2, 0.25) is 0 Å². The molecule has 73 heavy (non-hydrogen) atoms. The van der Waals surface area contributed by atoms with E-state index in [9.17, 15) is 0 Å². The second-order valence-electron chi connectivity index (χ2n) is 17.7. The van der Waals surface area contributed by atoms with Gasteiger partial charge in [-0.25, -0.2) is 34.9 Å². The van der Waals surface area contributed by atoms with E-state index in [-0.39, 0.29) is 0 Å². The average Bonchev–Trinajstić information content (AvgIpc) is 3.81. The summed E-state index contributed by atoms with van der Waals surface area (Å²) in [6, 6.07) is 86.9. The molecule has 0 radical (unpaired) electrons. The zero-order chi connectivity index (χ0) is 48.5. The Hall–Kier alpha value is -10.1. The maximum atomic E-state index is 5.45. The van der Waals surface area contributed by atoms with E-state index in [1.54, 1.807) is 0 Å². The lowest BCUT2D eigenvalue weighted by Gasteiger charge is -2.17. The highest BCUT2D eigenvalue weighted by Gasteiger charge is 2.22. The molecule has 342 valence electrons. The van der Waals surface area contributed by atoms with Crippen molar-refractivity contribution in [2.75, 3.05) is 0 Å². The van der Waals surface area contributed by atoms with Gasteiger partial charge in [0.15, 0.2) is 29.1 Å². The fourth-order valence-electron chi connectivity index (χ4n) is 9.53. The van der Waals surface area contributed by atoms with Crippen molar-refractivity contribution >= 4 is 21.8 Å². The number of benzene rings is 9. The molecule has 0 atom stereocenters. The smallest absolute Gasteiger partial charge is 0.164 e. The first-order chi connectivity index (χ1) is 36.2. The molecule has 0 saturated heterocycles. The molecule has 13 aromatic rings. The molecule has 4 aromatic heterocycles. The maximum absolute atomic E-state index is 5.45. The minimum atomic E-state index is 0.567. The Morgan fingerprint density at radius 1 is 0.219 bits per heavy atom. The van der Waals surface area contributed by atoms with E-state index in [1.807, 2.05) is 133 Å². The van der Waals surface area contributed by atoms with Gasteiger partial charge in [-0.15, -0.1) is 0 Å². The fourth-order valence-corrected chi connectivity index (χ4v) is 9.53. The number of fused-ring (bicyclic) bond motifs is 3. The Morgan fingerprint density at radius 2 is 0.575 bits per heavy atom. The fraction of sp³-hybridized carbons (Fsp3) is 0. The normalized spacial score (nSPS) is 11.3. The summed E-state index contributed by atoms with van der Waals surface area (Å²) in [7, 11) is 0. The Bertz CT molecular complexity index is 3940. The summed E-state index contributed by atoms with van der Waals surface area (Å²) in [6.45, 7) is 0. The summed E-state index contributed by atoms with van der Waals surface area (Å²) in [5.41, 5.74) is 14.4. The second kappa shape index (κ2) is 18.7. The average molecular weight is 935 g/mol. The number of hydrogen-bond acceptors (Lipinski definition) is 7. The number of hydrogen-bond donors (Lipinski definition) is 0. The lowest BCUT2D eigenvalue weighted by molar-refractivity contribution is 1.07.